The molecule has 2 aromatic carbocycles. The van der Waals surface area contributed by atoms with Crippen molar-refractivity contribution in [1.29, 1.82) is 0 Å². The molecule has 0 bridgehead atoms. The van der Waals surface area contributed by atoms with Crippen LogP contribution >= 0.6 is 11.6 Å². The number of hydrogen-bond donors (Lipinski definition) is 1. The summed E-state index contributed by atoms with van der Waals surface area (Å²) in [4.78, 5) is 31.1. The van der Waals surface area contributed by atoms with Gasteiger partial charge in [-0.3, -0.25) is 14.2 Å². The third-order valence-electron chi connectivity index (χ3n) is 5.84. The highest BCUT2D eigenvalue weighted by Gasteiger charge is 2.42. The molecule has 2 unspecified atom stereocenters. The average Bonchev–Trinajstić information content (AvgIpc) is 2.79. The van der Waals surface area contributed by atoms with Crippen LogP contribution in [0.2, 0.25) is 5.02 Å². The Kier molecular flexibility index (Phi) is 5.93. The molecule has 0 fully saturated rings. The summed E-state index contributed by atoms with van der Waals surface area (Å²) in [5, 5.41) is 11.2. The van der Waals surface area contributed by atoms with Crippen LogP contribution in [0.5, 0.6) is 11.8 Å². The first-order valence-electron chi connectivity index (χ1n) is 10.3. The lowest BCUT2D eigenvalue weighted by atomic mass is 9.83. The van der Waals surface area contributed by atoms with Gasteiger partial charge in [0.25, 0.3) is 5.91 Å². The van der Waals surface area contributed by atoms with Crippen molar-refractivity contribution in [3.63, 3.8) is 0 Å². The van der Waals surface area contributed by atoms with Crippen LogP contribution in [0.1, 0.15) is 47.4 Å². The molecular formula is C24H24ClN3O4. The van der Waals surface area contributed by atoms with E-state index in [9.17, 15) is 14.7 Å². The highest BCUT2D eigenvalue weighted by atomic mass is 35.5. The summed E-state index contributed by atoms with van der Waals surface area (Å²) in [7, 11) is 1.38. The van der Waals surface area contributed by atoms with Gasteiger partial charge in [0.1, 0.15) is 0 Å². The summed E-state index contributed by atoms with van der Waals surface area (Å²) < 4.78 is 6.95. The van der Waals surface area contributed by atoms with Crippen molar-refractivity contribution in [2.75, 3.05) is 13.7 Å². The zero-order chi connectivity index (χ0) is 23.0. The number of benzene rings is 2. The van der Waals surface area contributed by atoms with Gasteiger partial charge in [0, 0.05) is 23.5 Å². The number of amides is 1. The lowest BCUT2D eigenvalue weighted by molar-refractivity contribution is 0.0573. The number of halogens is 1. The van der Waals surface area contributed by atoms with Crippen molar-refractivity contribution in [1.82, 2.24) is 14.5 Å². The zero-order valence-corrected chi connectivity index (χ0v) is 18.8. The lowest BCUT2D eigenvalue weighted by Gasteiger charge is -2.42. The van der Waals surface area contributed by atoms with Crippen molar-refractivity contribution < 1.29 is 14.6 Å². The van der Waals surface area contributed by atoms with Gasteiger partial charge in [0.05, 0.1) is 13.2 Å². The number of fused-ring (bicyclic) bond motifs is 1. The van der Waals surface area contributed by atoms with Crippen LogP contribution in [0.3, 0.4) is 0 Å². The minimum absolute atomic E-state index is 0.0301. The van der Waals surface area contributed by atoms with Gasteiger partial charge in [0.2, 0.25) is 5.75 Å². The minimum Gasteiger partial charge on any atom is -0.501 e. The molecule has 32 heavy (non-hydrogen) atoms. The van der Waals surface area contributed by atoms with E-state index < -0.39 is 23.3 Å². The summed E-state index contributed by atoms with van der Waals surface area (Å²) in [6.07, 6.45) is 0. The second kappa shape index (κ2) is 8.67. The molecule has 0 saturated heterocycles. The Hall–Kier alpha value is -3.32. The van der Waals surface area contributed by atoms with Crippen molar-refractivity contribution >= 4 is 17.5 Å². The molecule has 0 aliphatic carbocycles. The molecule has 0 radical (unpaired) electrons. The molecule has 4 rings (SSSR count). The minimum atomic E-state index is -0.903. The van der Waals surface area contributed by atoms with Crippen molar-refractivity contribution in [3.8, 4) is 11.8 Å². The van der Waals surface area contributed by atoms with Crippen molar-refractivity contribution in [2.45, 2.75) is 31.8 Å². The van der Waals surface area contributed by atoms with Crippen LogP contribution in [0.15, 0.2) is 59.4 Å². The maximum atomic E-state index is 13.3. The second-order valence-corrected chi connectivity index (χ2v) is 8.41. The molecular weight excluding hydrogens is 430 g/mol. The van der Waals surface area contributed by atoms with E-state index in [0.29, 0.717) is 11.6 Å². The molecule has 2 heterocycles. The number of ether oxygens (including phenoxy) is 1. The first-order chi connectivity index (χ1) is 15.3. The molecule has 3 aromatic rings. The van der Waals surface area contributed by atoms with Gasteiger partial charge in [-0.2, -0.15) is 4.98 Å². The fraction of sp³-hybridized carbons (Fsp3) is 0.292. The van der Waals surface area contributed by atoms with E-state index in [4.69, 9.17) is 16.3 Å². The maximum absolute atomic E-state index is 13.3. The molecule has 1 aliphatic heterocycles. The number of carbonyl (C=O) groups excluding carboxylic acids is 1. The van der Waals surface area contributed by atoms with Gasteiger partial charge >= 0.3 is 11.6 Å². The largest absolute Gasteiger partial charge is 0.501 e. The Morgan fingerprint density at radius 2 is 1.75 bits per heavy atom. The molecule has 1 N–H and O–H groups in total. The fourth-order valence-corrected chi connectivity index (χ4v) is 4.61. The number of carbonyl (C=O) groups is 1. The number of rotatable bonds is 5. The zero-order valence-electron chi connectivity index (χ0n) is 18.0. The number of hydrogen-bond acceptors (Lipinski definition) is 5. The van der Waals surface area contributed by atoms with Gasteiger partial charge < -0.3 is 14.7 Å². The van der Waals surface area contributed by atoms with Gasteiger partial charge in [0.15, 0.2) is 5.69 Å². The smallest absolute Gasteiger partial charge is 0.318 e. The van der Waals surface area contributed by atoms with E-state index in [2.05, 4.69) is 4.98 Å². The summed E-state index contributed by atoms with van der Waals surface area (Å²) >= 11 is 6.64. The molecule has 166 valence electrons. The van der Waals surface area contributed by atoms with Gasteiger partial charge in [-0.25, -0.2) is 0 Å². The summed E-state index contributed by atoms with van der Waals surface area (Å²) in [6, 6.07) is 16.7. The van der Waals surface area contributed by atoms with E-state index in [1.165, 1.54) is 7.11 Å². The van der Waals surface area contributed by atoms with E-state index in [1.54, 1.807) is 9.47 Å². The molecule has 1 aliphatic rings. The Labute approximate surface area is 190 Å². The van der Waals surface area contributed by atoms with E-state index in [-0.39, 0.29) is 23.7 Å². The average molecular weight is 454 g/mol. The van der Waals surface area contributed by atoms with Crippen molar-refractivity contribution in [2.24, 2.45) is 0 Å². The Bertz CT molecular complexity index is 1210. The third-order valence-corrected chi connectivity index (χ3v) is 6.18. The van der Waals surface area contributed by atoms with E-state index >= 15 is 0 Å². The van der Waals surface area contributed by atoms with Crippen LogP contribution in [0.4, 0.5) is 0 Å². The molecule has 1 aromatic heterocycles. The molecule has 0 spiro atoms. The lowest BCUT2D eigenvalue weighted by Crippen LogP contribution is -2.49. The molecule has 8 heteroatoms. The Morgan fingerprint density at radius 3 is 2.38 bits per heavy atom. The van der Waals surface area contributed by atoms with Gasteiger partial charge in [-0.05, 0) is 31.0 Å². The molecule has 7 nitrogen and oxygen atoms in total. The number of nitrogens with zero attached hydrogens (tertiary/aromatic N) is 3. The Morgan fingerprint density at radius 1 is 1.09 bits per heavy atom. The molecule has 1 amide bonds. The monoisotopic (exact) mass is 453 g/mol. The topological polar surface area (TPSA) is 84.7 Å². The highest BCUT2D eigenvalue weighted by molar-refractivity contribution is 6.31. The SMILES string of the molecule is COc1nc(=O)c(O)c2n1C(C(c1ccccc1)c1ccccc1Cl)CN(C(C)C)C2=O. The van der Waals surface area contributed by atoms with Crippen LogP contribution in [0, 0.1) is 0 Å². The van der Waals surface area contributed by atoms with E-state index in [1.807, 2.05) is 68.4 Å². The number of methoxy groups -OCH3 is 1. The quantitative estimate of drug-likeness (QED) is 0.634. The summed E-state index contributed by atoms with van der Waals surface area (Å²) in [5.74, 6) is -1.44. The van der Waals surface area contributed by atoms with Gasteiger partial charge in [-0.15, -0.1) is 0 Å². The normalized spacial score (nSPS) is 16.7. The third kappa shape index (κ3) is 3.62. The highest BCUT2D eigenvalue weighted by Crippen LogP contribution is 2.44. The van der Waals surface area contributed by atoms with Gasteiger partial charge in [-0.1, -0.05) is 60.1 Å². The summed E-state index contributed by atoms with van der Waals surface area (Å²) in [6.45, 7) is 4.10. The predicted octanol–water partition coefficient (Wildman–Crippen LogP) is 3.85. The molecule has 2 atom stereocenters. The number of aromatic nitrogens is 2. The standard InChI is InChI=1S/C24H24ClN3O4/c1-14(2)27-13-18(28-20(23(27)31)21(29)22(30)26-24(28)32-3)19(15-9-5-4-6-10-15)16-11-7-8-12-17(16)25/h4-12,14,18-19,29H,13H2,1-3H3. The first-order valence-corrected chi connectivity index (χ1v) is 10.7. The molecule has 0 saturated carbocycles. The van der Waals surface area contributed by atoms with Crippen LogP contribution in [-0.2, 0) is 0 Å². The maximum Gasteiger partial charge on any atom is 0.318 e. The second-order valence-electron chi connectivity index (χ2n) is 8.00. The number of aromatic hydroxyl groups is 1. The summed E-state index contributed by atoms with van der Waals surface area (Å²) in [5.41, 5.74) is 0.795. The predicted molar refractivity (Wildman–Crippen MR) is 122 cm³/mol. The van der Waals surface area contributed by atoms with Crippen LogP contribution < -0.4 is 10.3 Å². The van der Waals surface area contributed by atoms with E-state index in [0.717, 1.165) is 11.1 Å². The first kappa shape index (κ1) is 21.9. The fourth-order valence-electron chi connectivity index (χ4n) is 4.36. The van der Waals surface area contributed by atoms with Crippen LogP contribution in [-0.4, -0.2) is 45.2 Å². The Balaban J connectivity index is 2.05. The van der Waals surface area contributed by atoms with Crippen LogP contribution in [0.25, 0.3) is 0 Å². The van der Waals surface area contributed by atoms with Crippen molar-refractivity contribution in [3.05, 3.63) is 86.8 Å².